The van der Waals surface area contributed by atoms with Crippen molar-refractivity contribution in [2.45, 2.75) is 63.9 Å². The van der Waals surface area contributed by atoms with Crippen LogP contribution in [-0.4, -0.2) is 68.0 Å². The van der Waals surface area contributed by atoms with Gasteiger partial charge in [0.1, 0.15) is 23.5 Å². The SMILES string of the molecule is CC(C)(O)c1ccc2cc(CN3CC[C@H](Oc4ccc5c(c4)CN(C(CCC(=O)O)C(N)=O)C5=O)C3)ccc2n1. The van der Waals surface area contributed by atoms with E-state index in [1.54, 1.807) is 26.0 Å². The number of ether oxygens (including phenoxy) is 1. The summed E-state index contributed by atoms with van der Waals surface area (Å²) in [5, 5.41) is 20.3. The molecule has 0 bridgehead atoms. The first-order valence-corrected chi connectivity index (χ1v) is 13.4. The van der Waals surface area contributed by atoms with E-state index in [4.69, 9.17) is 15.6 Å². The van der Waals surface area contributed by atoms with E-state index in [1.165, 1.54) is 10.5 Å². The predicted molar refractivity (Wildman–Crippen MR) is 147 cm³/mol. The van der Waals surface area contributed by atoms with Crippen LogP contribution in [0, 0.1) is 0 Å². The van der Waals surface area contributed by atoms with Crippen LogP contribution in [0.4, 0.5) is 0 Å². The molecule has 2 atom stereocenters. The summed E-state index contributed by atoms with van der Waals surface area (Å²) in [5.74, 6) is -1.44. The number of likely N-dealkylation sites (tertiary alicyclic amines) is 1. The second kappa shape index (κ2) is 10.9. The Bertz CT molecular complexity index is 1470. The average molecular weight is 547 g/mol. The van der Waals surface area contributed by atoms with Crippen LogP contribution >= 0.6 is 0 Å². The van der Waals surface area contributed by atoms with Gasteiger partial charge in [-0.3, -0.25) is 19.3 Å². The molecule has 1 aromatic heterocycles. The molecular formula is C30H34N4O6. The van der Waals surface area contributed by atoms with Crippen LogP contribution in [0.15, 0.2) is 48.5 Å². The Morgan fingerprint density at radius 3 is 2.70 bits per heavy atom. The molecule has 10 heteroatoms. The van der Waals surface area contributed by atoms with Crippen LogP contribution in [0.1, 0.15) is 60.3 Å². The van der Waals surface area contributed by atoms with Crippen molar-refractivity contribution in [2.24, 2.45) is 5.73 Å². The van der Waals surface area contributed by atoms with E-state index in [0.29, 0.717) is 17.0 Å². The normalized spacial score (nSPS) is 18.2. The molecule has 2 aliphatic heterocycles. The van der Waals surface area contributed by atoms with Crippen molar-refractivity contribution in [3.63, 3.8) is 0 Å². The summed E-state index contributed by atoms with van der Waals surface area (Å²) in [6, 6.07) is 14.3. The fourth-order valence-electron chi connectivity index (χ4n) is 5.46. The standard InChI is InChI=1S/C30H34N4O6/c1-30(2,39)26-9-4-19-13-18(3-7-24(19)32-26)15-33-12-11-22(17-33)40-21-5-6-23-20(14-21)16-34(29(23)38)25(28(31)37)8-10-27(35)36/h3-7,9,13-14,22,25,39H,8,10-12,15-17H2,1-2H3,(H2,31,37)(H,35,36)/t22-,25?/m0/s1. The molecule has 0 spiro atoms. The minimum absolute atomic E-state index is 0.00309. The molecular weight excluding hydrogens is 512 g/mol. The average Bonchev–Trinajstić information content (AvgIpc) is 3.46. The molecule has 210 valence electrons. The van der Waals surface area contributed by atoms with E-state index in [1.807, 2.05) is 24.3 Å². The number of carboxylic acids is 1. The van der Waals surface area contributed by atoms with Crippen LogP contribution in [0.2, 0.25) is 0 Å². The quantitative estimate of drug-likeness (QED) is 0.352. The fraction of sp³-hybridized carbons (Fsp3) is 0.400. The molecule has 0 radical (unpaired) electrons. The lowest BCUT2D eigenvalue weighted by Crippen LogP contribution is -2.45. The summed E-state index contributed by atoms with van der Waals surface area (Å²) in [4.78, 5) is 44.1. The molecule has 4 N–H and O–H groups in total. The highest BCUT2D eigenvalue weighted by Gasteiger charge is 2.36. The van der Waals surface area contributed by atoms with Gasteiger partial charge >= 0.3 is 5.97 Å². The molecule has 2 amide bonds. The summed E-state index contributed by atoms with van der Waals surface area (Å²) < 4.78 is 6.27. The number of carbonyl (C=O) groups is 3. The largest absolute Gasteiger partial charge is 0.489 e. The van der Waals surface area contributed by atoms with Crippen molar-refractivity contribution in [1.82, 2.24) is 14.8 Å². The van der Waals surface area contributed by atoms with Crippen molar-refractivity contribution in [1.29, 1.82) is 0 Å². The number of aliphatic hydroxyl groups is 1. The Morgan fingerprint density at radius 1 is 1.18 bits per heavy atom. The number of hydrogen-bond acceptors (Lipinski definition) is 7. The molecule has 0 saturated carbocycles. The lowest BCUT2D eigenvalue weighted by molar-refractivity contribution is -0.137. The highest BCUT2D eigenvalue weighted by Crippen LogP contribution is 2.31. The van der Waals surface area contributed by atoms with Crippen molar-refractivity contribution < 1.29 is 29.3 Å². The molecule has 2 aromatic carbocycles. The maximum Gasteiger partial charge on any atom is 0.303 e. The maximum atomic E-state index is 12.9. The molecule has 1 fully saturated rings. The third-order valence-corrected chi connectivity index (χ3v) is 7.56. The number of aliphatic carboxylic acids is 1. The van der Waals surface area contributed by atoms with E-state index in [0.717, 1.165) is 42.5 Å². The monoisotopic (exact) mass is 546 g/mol. The first-order valence-electron chi connectivity index (χ1n) is 13.4. The summed E-state index contributed by atoms with van der Waals surface area (Å²) in [5.41, 5.74) is 8.37. The van der Waals surface area contributed by atoms with Gasteiger partial charge in [0.2, 0.25) is 5.91 Å². The van der Waals surface area contributed by atoms with Gasteiger partial charge in [0.15, 0.2) is 0 Å². The van der Waals surface area contributed by atoms with Crippen molar-refractivity contribution in [3.8, 4) is 5.75 Å². The van der Waals surface area contributed by atoms with Crippen molar-refractivity contribution in [3.05, 3.63) is 70.9 Å². The second-order valence-electron chi connectivity index (χ2n) is 11.1. The summed E-state index contributed by atoms with van der Waals surface area (Å²) in [6.45, 7) is 6.06. The Labute approximate surface area is 232 Å². The number of aromatic nitrogens is 1. The zero-order chi connectivity index (χ0) is 28.6. The van der Waals surface area contributed by atoms with E-state index < -0.39 is 23.5 Å². The van der Waals surface area contributed by atoms with E-state index in [2.05, 4.69) is 22.0 Å². The fourth-order valence-corrected chi connectivity index (χ4v) is 5.46. The number of amides is 2. The number of carboxylic acid groups (broad SMARTS) is 1. The van der Waals surface area contributed by atoms with Gasteiger partial charge in [-0.05, 0) is 74.2 Å². The second-order valence-corrected chi connectivity index (χ2v) is 11.1. The zero-order valence-electron chi connectivity index (χ0n) is 22.7. The number of benzene rings is 2. The van der Waals surface area contributed by atoms with Crippen LogP contribution in [0.5, 0.6) is 5.75 Å². The summed E-state index contributed by atoms with van der Waals surface area (Å²) >= 11 is 0. The van der Waals surface area contributed by atoms with E-state index in [-0.39, 0.29) is 31.4 Å². The molecule has 40 heavy (non-hydrogen) atoms. The Kier molecular flexibility index (Phi) is 7.48. The zero-order valence-corrected chi connectivity index (χ0v) is 22.7. The molecule has 1 saturated heterocycles. The van der Waals surface area contributed by atoms with Gasteiger partial charge in [0.25, 0.3) is 5.91 Å². The number of nitrogens with two attached hydrogens (primary N) is 1. The predicted octanol–water partition coefficient (Wildman–Crippen LogP) is 2.79. The van der Waals surface area contributed by atoms with Gasteiger partial charge in [-0.25, -0.2) is 4.98 Å². The highest BCUT2D eigenvalue weighted by atomic mass is 16.5. The number of fused-ring (bicyclic) bond motifs is 2. The van der Waals surface area contributed by atoms with Crippen LogP contribution < -0.4 is 10.5 Å². The van der Waals surface area contributed by atoms with Crippen molar-refractivity contribution >= 4 is 28.7 Å². The molecule has 10 nitrogen and oxygen atoms in total. The van der Waals surface area contributed by atoms with Crippen molar-refractivity contribution in [2.75, 3.05) is 13.1 Å². The molecule has 1 unspecified atom stereocenters. The molecule has 3 heterocycles. The van der Waals surface area contributed by atoms with Crippen LogP contribution in [0.3, 0.4) is 0 Å². The first kappa shape index (κ1) is 27.5. The smallest absolute Gasteiger partial charge is 0.303 e. The molecule has 3 aromatic rings. The van der Waals surface area contributed by atoms with Crippen LogP contribution in [-0.2, 0) is 28.3 Å². The van der Waals surface area contributed by atoms with Gasteiger partial charge in [0, 0.05) is 43.5 Å². The Morgan fingerprint density at radius 2 is 1.98 bits per heavy atom. The molecule has 5 rings (SSSR count). The lowest BCUT2D eigenvalue weighted by atomic mass is 10.0. The number of pyridine rings is 1. The van der Waals surface area contributed by atoms with E-state index >= 15 is 0 Å². The number of hydrogen-bond donors (Lipinski definition) is 3. The van der Waals surface area contributed by atoms with Gasteiger partial charge in [0.05, 0.1) is 11.2 Å². The van der Waals surface area contributed by atoms with Gasteiger partial charge in [-0.15, -0.1) is 0 Å². The van der Waals surface area contributed by atoms with E-state index in [9.17, 15) is 19.5 Å². The summed E-state index contributed by atoms with van der Waals surface area (Å²) in [6.07, 6.45) is 0.586. The maximum absolute atomic E-state index is 12.9. The third-order valence-electron chi connectivity index (χ3n) is 7.56. The Hall–Kier alpha value is -4.02. The van der Waals surface area contributed by atoms with Gasteiger partial charge in [-0.1, -0.05) is 12.1 Å². The molecule has 2 aliphatic rings. The number of rotatable bonds is 10. The minimum Gasteiger partial charge on any atom is -0.489 e. The third kappa shape index (κ3) is 5.93. The number of primary amides is 1. The van der Waals surface area contributed by atoms with Gasteiger partial charge < -0.3 is 25.6 Å². The Balaban J connectivity index is 1.20. The first-order chi connectivity index (χ1) is 19.0. The number of carbonyl (C=O) groups excluding carboxylic acids is 2. The number of nitrogens with zero attached hydrogens (tertiary/aromatic N) is 3. The van der Waals surface area contributed by atoms with Crippen LogP contribution in [0.25, 0.3) is 10.9 Å². The molecule has 0 aliphatic carbocycles. The van der Waals surface area contributed by atoms with Gasteiger partial charge in [-0.2, -0.15) is 0 Å². The lowest BCUT2D eigenvalue weighted by Gasteiger charge is -2.24. The summed E-state index contributed by atoms with van der Waals surface area (Å²) in [7, 11) is 0. The highest BCUT2D eigenvalue weighted by molar-refractivity contribution is 6.01. The minimum atomic E-state index is -1.05. The topological polar surface area (TPSA) is 146 Å².